The van der Waals surface area contributed by atoms with Crippen molar-refractivity contribution >= 4 is 17.6 Å². The molecule has 1 saturated carbocycles. The maximum Gasteiger partial charge on any atom is 0.248 e. The van der Waals surface area contributed by atoms with Gasteiger partial charge in [-0.05, 0) is 25.7 Å². The maximum atomic E-state index is 12.5. The van der Waals surface area contributed by atoms with Crippen molar-refractivity contribution in [2.75, 3.05) is 5.32 Å². The molecule has 1 heterocycles. The molecule has 23 heavy (non-hydrogen) atoms. The predicted octanol–water partition coefficient (Wildman–Crippen LogP) is 1.74. The number of anilines is 1. The largest absolute Gasteiger partial charge is 0.344 e. The molecule has 1 aromatic heterocycles. The van der Waals surface area contributed by atoms with Gasteiger partial charge in [0.1, 0.15) is 6.04 Å². The number of nitrogens with zero attached hydrogens (tertiary/aromatic N) is 3. The molecule has 1 unspecified atom stereocenters. The van der Waals surface area contributed by atoms with Crippen LogP contribution in [0.2, 0.25) is 0 Å². The third-order valence-corrected chi connectivity index (χ3v) is 4.18. The van der Waals surface area contributed by atoms with Crippen LogP contribution in [0.15, 0.2) is 6.07 Å². The van der Waals surface area contributed by atoms with Crippen molar-refractivity contribution in [1.29, 1.82) is 5.26 Å². The van der Waals surface area contributed by atoms with Crippen LogP contribution in [0.4, 0.5) is 5.82 Å². The molecule has 0 saturated heterocycles. The highest BCUT2D eigenvalue weighted by atomic mass is 16.2. The summed E-state index contributed by atoms with van der Waals surface area (Å²) in [7, 11) is 0. The van der Waals surface area contributed by atoms with Crippen molar-refractivity contribution in [2.45, 2.75) is 58.5 Å². The average molecular weight is 317 g/mol. The fraction of sp³-hybridized carbons (Fsp3) is 0.625. The highest BCUT2D eigenvalue weighted by Gasteiger charge is 2.31. The fourth-order valence-electron chi connectivity index (χ4n) is 3.06. The lowest BCUT2D eigenvalue weighted by Crippen LogP contribution is -2.47. The van der Waals surface area contributed by atoms with Crippen molar-refractivity contribution in [2.24, 2.45) is 5.92 Å². The standard InChI is InChI=1S/C16H23N5O2/c1-11-10-14(20-21(11)9-5-8-17)19-16(23)15(18-12(2)22)13-6-3-4-7-13/h10,13,15H,3-7,9H2,1-2H3,(H,18,22)(H,19,20,23). The quantitative estimate of drug-likeness (QED) is 0.834. The van der Waals surface area contributed by atoms with Crippen LogP contribution in [0.1, 0.15) is 44.7 Å². The monoisotopic (exact) mass is 317 g/mol. The molecule has 1 aliphatic carbocycles. The number of amides is 2. The van der Waals surface area contributed by atoms with Gasteiger partial charge in [0.25, 0.3) is 0 Å². The molecule has 1 aromatic rings. The lowest BCUT2D eigenvalue weighted by atomic mass is 9.97. The maximum absolute atomic E-state index is 12.5. The molecule has 0 aromatic carbocycles. The van der Waals surface area contributed by atoms with E-state index in [9.17, 15) is 9.59 Å². The summed E-state index contributed by atoms with van der Waals surface area (Å²) in [5.74, 6) is 0.212. The van der Waals surface area contributed by atoms with Gasteiger partial charge in [0, 0.05) is 18.7 Å². The number of aryl methyl sites for hydroxylation is 2. The second-order valence-electron chi connectivity index (χ2n) is 6.01. The third kappa shape index (κ3) is 4.55. The summed E-state index contributed by atoms with van der Waals surface area (Å²) in [5.41, 5.74) is 0.882. The first-order valence-electron chi connectivity index (χ1n) is 8.00. The molecule has 2 amide bonds. The van der Waals surface area contributed by atoms with E-state index in [0.29, 0.717) is 18.8 Å². The number of hydrogen-bond acceptors (Lipinski definition) is 4. The van der Waals surface area contributed by atoms with Gasteiger partial charge in [-0.15, -0.1) is 0 Å². The van der Waals surface area contributed by atoms with E-state index in [1.807, 2.05) is 6.92 Å². The zero-order valence-electron chi connectivity index (χ0n) is 13.6. The number of nitrogens with one attached hydrogen (secondary N) is 2. The SMILES string of the molecule is CC(=O)NC(C(=O)Nc1cc(C)n(CCC#N)n1)C1CCCC1. The van der Waals surface area contributed by atoms with Gasteiger partial charge in [-0.2, -0.15) is 10.4 Å². The second kappa shape index (κ2) is 7.77. The average Bonchev–Trinajstić information content (AvgIpc) is 3.12. The topological polar surface area (TPSA) is 99.8 Å². The van der Waals surface area contributed by atoms with Crippen LogP contribution in [-0.4, -0.2) is 27.6 Å². The molecule has 7 heteroatoms. The Hall–Kier alpha value is -2.36. The van der Waals surface area contributed by atoms with Gasteiger partial charge in [-0.3, -0.25) is 14.3 Å². The highest BCUT2D eigenvalue weighted by Crippen LogP contribution is 2.28. The van der Waals surface area contributed by atoms with Crippen molar-refractivity contribution < 1.29 is 9.59 Å². The zero-order chi connectivity index (χ0) is 16.8. The van der Waals surface area contributed by atoms with E-state index in [2.05, 4.69) is 21.8 Å². The van der Waals surface area contributed by atoms with E-state index in [1.165, 1.54) is 6.92 Å². The second-order valence-corrected chi connectivity index (χ2v) is 6.01. The molecule has 1 fully saturated rings. The van der Waals surface area contributed by atoms with Gasteiger partial charge in [-0.25, -0.2) is 0 Å². The highest BCUT2D eigenvalue weighted by molar-refractivity contribution is 5.96. The molecule has 7 nitrogen and oxygen atoms in total. The number of nitriles is 1. The predicted molar refractivity (Wildman–Crippen MR) is 85.4 cm³/mol. The van der Waals surface area contributed by atoms with Crippen molar-refractivity contribution in [3.05, 3.63) is 11.8 Å². The van der Waals surface area contributed by atoms with E-state index < -0.39 is 6.04 Å². The van der Waals surface area contributed by atoms with Crippen LogP contribution < -0.4 is 10.6 Å². The Kier molecular flexibility index (Phi) is 5.74. The smallest absolute Gasteiger partial charge is 0.248 e. The minimum absolute atomic E-state index is 0.181. The molecule has 2 N–H and O–H groups in total. The summed E-state index contributed by atoms with van der Waals surface area (Å²) < 4.78 is 1.70. The first-order chi connectivity index (χ1) is 11.0. The molecule has 0 spiro atoms. The molecule has 0 aliphatic heterocycles. The molecular formula is C16H23N5O2. The fourth-order valence-corrected chi connectivity index (χ4v) is 3.06. The minimum atomic E-state index is -0.514. The Morgan fingerprint density at radius 1 is 1.48 bits per heavy atom. The molecular weight excluding hydrogens is 294 g/mol. The summed E-state index contributed by atoms with van der Waals surface area (Å²) in [6, 6.07) is 3.33. The van der Waals surface area contributed by atoms with Gasteiger partial charge < -0.3 is 10.6 Å². The van der Waals surface area contributed by atoms with Crippen LogP contribution in [-0.2, 0) is 16.1 Å². The first-order valence-corrected chi connectivity index (χ1v) is 8.00. The number of carbonyl (C=O) groups excluding carboxylic acids is 2. The first kappa shape index (κ1) is 17.0. The Labute approximate surface area is 136 Å². The summed E-state index contributed by atoms with van der Waals surface area (Å²) in [6.07, 6.45) is 4.46. The van der Waals surface area contributed by atoms with E-state index in [0.717, 1.165) is 31.4 Å². The van der Waals surface area contributed by atoms with Gasteiger partial charge in [0.05, 0.1) is 19.0 Å². The minimum Gasteiger partial charge on any atom is -0.344 e. The van der Waals surface area contributed by atoms with Crippen LogP contribution in [0.25, 0.3) is 0 Å². The molecule has 0 bridgehead atoms. The van der Waals surface area contributed by atoms with Crippen LogP contribution in [0.3, 0.4) is 0 Å². The summed E-state index contributed by atoms with van der Waals surface area (Å²) >= 11 is 0. The molecule has 2 rings (SSSR count). The number of hydrogen-bond donors (Lipinski definition) is 2. The van der Waals surface area contributed by atoms with E-state index >= 15 is 0 Å². The van der Waals surface area contributed by atoms with Crippen molar-refractivity contribution in [3.8, 4) is 6.07 Å². The molecule has 1 aliphatic rings. The number of carbonyl (C=O) groups is 2. The Balaban J connectivity index is 2.05. The number of aromatic nitrogens is 2. The Bertz CT molecular complexity index is 610. The van der Waals surface area contributed by atoms with Gasteiger partial charge in [0.2, 0.25) is 11.8 Å². The van der Waals surface area contributed by atoms with E-state index in [-0.39, 0.29) is 17.7 Å². The van der Waals surface area contributed by atoms with E-state index in [4.69, 9.17) is 5.26 Å². The summed E-state index contributed by atoms with van der Waals surface area (Å²) in [6.45, 7) is 3.80. The van der Waals surface area contributed by atoms with Crippen LogP contribution >= 0.6 is 0 Å². The number of rotatable bonds is 6. The lowest BCUT2D eigenvalue weighted by molar-refractivity contribution is -0.126. The lowest BCUT2D eigenvalue weighted by Gasteiger charge is -2.22. The normalized spacial score (nSPS) is 15.9. The Morgan fingerprint density at radius 2 is 2.17 bits per heavy atom. The summed E-state index contributed by atoms with van der Waals surface area (Å²) in [4.78, 5) is 23.9. The molecule has 1 atom stereocenters. The van der Waals surface area contributed by atoms with Gasteiger partial charge >= 0.3 is 0 Å². The van der Waals surface area contributed by atoms with Gasteiger partial charge in [0.15, 0.2) is 5.82 Å². The summed E-state index contributed by atoms with van der Waals surface area (Å²) in [5, 5.41) is 18.5. The van der Waals surface area contributed by atoms with E-state index in [1.54, 1.807) is 10.7 Å². The van der Waals surface area contributed by atoms with Crippen LogP contribution in [0.5, 0.6) is 0 Å². The van der Waals surface area contributed by atoms with Gasteiger partial charge in [-0.1, -0.05) is 12.8 Å². The Morgan fingerprint density at radius 3 is 2.78 bits per heavy atom. The zero-order valence-corrected chi connectivity index (χ0v) is 13.6. The van der Waals surface area contributed by atoms with Crippen molar-refractivity contribution in [1.82, 2.24) is 15.1 Å². The van der Waals surface area contributed by atoms with Crippen molar-refractivity contribution in [3.63, 3.8) is 0 Å². The molecule has 124 valence electrons. The molecule has 0 radical (unpaired) electrons. The third-order valence-electron chi connectivity index (χ3n) is 4.18. The van der Waals surface area contributed by atoms with Crippen LogP contribution in [0, 0.1) is 24.2 Å².